The summed E-state index contributed by atoms with van der Waals surface area (Å²) in [6, 6.07) is 5.89. The zero-order valence-electron chi connectivity index (χ0n) is 13.9. The van der Waals surface area contributed by atoms with Crippen LogP contribution >= 0.6 is 0 Å². The predicted octanol–water partition coefficient (Wildman–Crippen LogP) is 1.80. The standard InChI is InChI=1S/C16H25N3O3S/c1-12(2)18-23(21,22)15-8-6-14(7-9-15)17-16(20)13(3)19-10-4-5-11-19/h6-9,12-13,18H,4-5,10-11H2,1-3H3,(H,17,20)/t13-/m0/s1. The summed E-state index contributed by atoms with van der Waals surface area (Å²) in [5, 5.41) is 2.84. The van der Waals surface area contributed by atoms with Crippen molar-refractivity contribution in [3.8, 4) is 0 Å². The second kappa shape index (κ2) is 7.42. The molecule has 1 aromatic rings. The molecular weight excluding hydrogens is 314 g/mol. The zero-order chi connectivity index (χ0) is 17.0. The number of benzene rings is 1. The van der Waals surface area contributed by atoms with Crippen LogP contribution in [0, 0.1) is 0 Å². The molecule has 1 heterocycles. The SMILES string of the molecule is CC(C)NS(=O)(=O)c1ccc(NC(=O)[C@H](C)N2CCCC2)cc1. The summed E-state index contributed by atoms with van der Waals surface area (Å²) in [5.74, 6) is -0.0668. The molecule has 2 N–H and O–H groups in total. The minimum atomic E-state index is -3.51. The number of nitrogens with one attached hydrogen (secondary N) is 2. The largest absolute Gasteiger partial charge is 0.325 e. The second-order valence-electron chi connectivity index (χ2n) is 6.21. The Morgan fingerprint density at radius 3 is 2.17 bits per heavy atom. The molecule has 0 unspecified atom stereocenters. The van der Waals surface area contributed by atoms with E-state index in [1.54, 1.807) is 26.0 Å². The van der Waals surface area contributed by atoms with Crippen LogP contribution in [-0.2, 0) is 14.8 Å². The minimum Gasteiger partial charge on any atom is -0.325 e. The summed E-state index contributed by atoms with van der Waals surface area (Å²) in [4.78, 5) is 14.6. The molecule has 1 atom stereocenters. The molecule has 0 radical (unpaired) electrons. The zero-order valence-corrected chi connectivity index (χ0v) is 14.7. The number of anilines is 1. The van der Waals surface area contributed by atoms with Gasteiger partial charge < -0.3 is 5.32 Å². The van der Waals surface area contributed by atoms with Crippen molar-refractivity contribution in [3.63, 3.8) is 0 Å². The fourth-order valence-electron chi connectivity index (χ4n) is 2.64. The Morgan fingerprint density at radius 2 is 1.65 bits per heavy atom. The van der Waals surface area contributed by atoms with Gasteiger partial charge in [-0.15, -0.1) is 0 Å². The molecule has 1 amide bonds. The molecule has 0 aliphatic carbocycles. The Bertz CT molecular complexity index is 635. The third-order valence-corrected chi connectivity index (χ3v) is 5.57. The molecule has 0 saturated carbocycles. The molecule has 0 aromatic heterocycles. The van der Waals surface area contributed by atoms with Crippen LogP contribution in [0.3, 0.4) is 0 Å². The van der Waals surface area contributed by atoms with E-state index in [9.17, 15) is 13.2 Å². The van der Waals surface area contributed by atoms with Gasteiger partial charge in [-0.3, -0.25) is 9.69 Å². The maximum Gasteiger partial charge on any atom is 0.241 e. The van der Waals surface area contributed by atoms with E-state index < -0.39 is 10.0 Å². The monoisotopic (exact) mass is 339 g/mol. The summed E-state index contributed by atoms with van der Waals surface area (Å²) in [6.07, 6.45) is 2.26. The smallest absolute Gasteiger partial charge is 0.241 e. The molecule has 1 aliphatic heterocycles. The van der Waals surface area contributed by atoms with E-state index in [4.69, 9.17) is 0 Å². The molecule has 1 saturated heterocycles. The maximum absolute atomic E-state index is 12.2. The maximum atomic E-state index is 12.2. The highest BCUT2D eigenvalue weighted by Crippen LogP contribution is 2.16. The summed E-state index contributed by atoms with van der Waals surface area (Å²) in [7, 11) is -3.51. The first-order chi connectivity index (χ1) is 10.8. The van der Waals surface area contributed by atoms with Crippen LogP contribution in [0.1, 0.15) is 33.6 Å². The highest BCUT2D eigenvalue weighted by atomic mass is 32.2. The van der Waals surface area contributed by atoms with Crippen molar-refractivity contribution in [2.75, 3.05) is 18.4 Å². The van der Waals surface area contributed by atoms with Crippen LogP contribution in [0.2, 0.25) is 0 Å². The van der Waals surface area contributed by atoms with Gasteiger partial charge in [-0.05, 0) is 71.0 Å². The highest BCUT2D eigenvalue weighted by molar-refractivity contribution is 7.89. The third-order valence-electron chi connectivity index (χ3n) is 3.89. The topological polar surface area (TPSA) is 78.5 Å². The number of hydrogen-bond acceptors (Lipinski definition) is 4. The predicted molar refractivity (Wildman–Crippen MR) is 90.8 cm³/mol. The summed E-state index contributed by atoms with van der Waals surface area (Å²) < 4.78 is 26.6. The van der Waals surface area contributed by atoms with E-state index in [2.05, 4.69) is 14.9 Å². The van der Waals surface area contributed by atoms with Crippen molar-refractivity contribution in [2.24, 2.45) is 0 Å². The lowest BCUT2D eigenvalue weighted by atomic mass is 10.2. The molecule has 0 spiro atoms. The van der Waals surface area contributed by atoms with E-state index in [1.807, 2.05) is 6.92 Å². The molecule has 1 fully saturated rings. The summed E-state index contributed by atoms with van der Waals surface area (Å²) in [5.41, 5.74) is 0.601. The van der Waals surface area contributed by atoms with Gasteiger partial charge in [0.15, 0.2) is 0 Å². The van der Waals surface area contributed by atoms with Gasteiger partial charge in [0.1, 0.15) is 0 Å². The average molecular weight is 339 g/mol. The van der Waals surface area contributed by atoms with Gasteiger partial charge in [-0.25, -0.2) is 13.1 Å². The Kier molecular flexibility index (Phi) is 5.78. The van der Waals surface area contributed by atoms with Gasteiger partial charge in [0.05, 0.1) is 10.9 Å². The lowest BCUT2D eigenvalue weighted by molar-refractivity contribution is -0.120. The van der Waals surface area contributed by atoms with Crippen molar-refractivity contribution in [1.82, 2.24) is 9.62 Å². The number of carbonyl (C=O) groups is 1. The normalized spacial score (nSPS) is 17.4. The lowest BCUT2D eigenvalue weighted by Crippen LogP contribution is -2.40. The molecule has 23 heavy (non-hydrogen) atoms. The van der Waals surface area contributed by atoms with Crippen molar-refractivity contribution < 1.29 is 13.2 Å². The Labute approximate surface area is 138 Å². The molecular formula is C16H25N3O3S. The van der Waals surface area contributed by atoms with E-state index in [-0.39, 0.29) is 22.9 Å². The Morgan fingerprint density at radius 1 is 1.09 bits per heavy atom. The number of carbonyl (C=O) groups excluding carboxylic acids is 1. The van der Waals surface area contributed by atoms with E-state index in [0.717, 1.165) is 25.9 Å². The number of amides is 1. The number of rotatable bonds is 6. The average Bonchev–Trinajstić information content (AvgIpc) is 2.99. The molecule has 128 valence electrons. The van der Waals surface area contributed by atoms with Gasteiger partial charge in [0.25, 0.3) is 0 Å². The first-order valence-corrected chi connectivity index (χ1v) is 9.45. The van der Waals surface area contributed by atoms with Gasteiger partial charge in [-0.1, -0.05) is 0 Å². The minimum absolute atomic E-state index is 0.0668. The van der Waals surface area contributed by atoms with Crippen molar-refractivity contribution in [2.45, 2.75) is 50.6 Å². The van der Waals surface area contributed by atoms with Gasteiger partial charge >= 0.3 is 0 Å². The fourth-order valence-corrected chi connectivity index (χ4v) is 3.89. The highest BCUT2D eigenvalue weighted by Gasteiger charge is 2.24. The van der Waals surface area contributed by atoms with Gasteiger partial charge in [0.2, 0.25) is 15.9 Å². The van der Waals surface area contributed by atoms with Crippen LogP contribution in [0.15, 0.2) is 29.2 Å². The summed E-state index contributed by atoms with van der Waals surface area (Å²) in [6.45, 7) is 7.34. The van der Waals surface area contributed by atoms with E-state index in [0.29, 0.717) is 5.69 Å². The molecule has 6 nitrogen and oxygen atoms in total. The van der Waals surface area contributed by atoms with E-state index >= 15 is 0 Å². The first-order valence-electron chi connectivity index (χ1n) is 7.97. The van der Waals surface area contributed by atoms with Crippen LogP contribution in [0.4, 0.5) is 5.69 Å². The lowest BCUT2D eigenvalue weighted by Gasteiger charge is -2.22. The quantitative estimate of drug-likeness (QED) is 0.828. The Hall–Kier alpha value is -1.44. The first kappa shape index (κ1) is 17.9. The van der Waals surface area contributed by atoms with Gasteiger partial charge in [-0.2, -0.15) is 0 Å². The second-order valence-corrected chi connectivity index (χ2v) is 7.92. The fraction of sp³-hybridized carbons (Fsp3) is 0.562. The van der Waals surface area contributed by atoms with Crippen LogP contribution in [0.5, 0.6) is 0 Å². The molecule has 1 aliphatic rings. The number of likely N-dealkylation sites (tertiary alicyclic amines) is 1. The van der Waals surface area contributed by atoms with Crippen molar-refractivity contribution in [3.05, 3.63) is 24.3 Å². The summed E-state index contributed by atoms with van der Waals surface area (Å²) >= 11 is 0. The van der Waals surface area contributed by atoms with Crippen molar-refractivity contribution in [1.29, 1.82) is 0 Å². The number of sulfonamides is 1. The third kappa shape index (κ3) is 4.76. The number of hydrogen-bond donors (Lipinski definition) is 2. The van der Waals surface area contributed by atoms with Crippen molar-refractivity contribution >= 4 is 21.6 Å². The Balaban J connectivity index is 2.01. The van der Waals surface area contributed by atoms with Crippen LogP contribution < -0.4 is 10.0 Å². The molecule has 7 heteroatoms. The molecule has 2 rings (SSSR count). The molecule has 0 bridgehead atoms. The number of nitrogens with zero attached hydrogens (tertiary/aromatic N) is 1. The van der Waals surface area contributed by atoms with Crippen LogP contribution in [0.25, 0.3) is 0 Å². The molecule has 1 aromatic carbocycles. The van der Waals surface area contributed by atoms with Gasteiger partial charge in [0, 0.05) is 11.7 Å². The van der Waals surface area contributed by atoms with Crippen LogP contribution in [-0.4, -0.2) is 44.4 Å². The van der Waals surface area contributed by atoms with E-state index in [1.165, 1.54) is 12.1 Å².